The Balaban J connectivity index is 1.47. The van der Waals surface area contributed by atoms with E-state index in [0.29, 0.717) is 28.1 Å². The Labute approximate surface area is 240 Å². The van der Waals surface area contributed by atoms with Crippen molar-refractivity contribution in [2.75, 3.05) is 11.1 Å². The first-order valence-corrected chi connectivity index (χ1v) is 13.3. The highest BCUT2D eigenvalue weighted by molar-refractivity contribution is 6.04. The number of hydrogen-bond acceptors (Lipinski definition) is 6. The first kappa shape index (κ1) is 26.5. The molecule has 0 aliphatic heterocycles. The number of fused-ring (bicyclic) bond motifs is 2. The minimum Gasteiger partial charge on any atom is -0.381 e. The number of aromatic nitrogens is 4. The highest BCUT2D eigenvalue weighted by Crippen LogP contribution is 2.30. The molecule has 0 saturated carbocycles. The molecule has 0 aliphatic carbocycles. The molecular weight excluding hydrogens is 530 g/mol. The minimum atomic E-state index is -0.589. The third-order valence-corrected chi connectivity index (χ3v) is 7.05. The summed E-state index contributed by atoms with van der Waals surface area (Å²) in [5.41, 5.74) is 9.87. The second-order valence-electron chi connectivity index (χ2n) is 9.92. The molecule has 6 aromatic rings. The fourth-order valence-electron chi connectivity index (χ4n) is 5.19. The van der Waals surface area contributed by atoms with Gasteiger partial charge in [-0.2, -0.15) is 0 Å². The van der Waals surface area contributed by atoms with Gasteiger partial charge in [0.1, 0.15) is 5.56 Å². The van der Waals surface area contributed by atoms with E-state index in [4.69, 9.17) is 5.73 Å². The summed E-state index contributed by atoms with van der Waals surface area (Å²) in [5, 5.41) is 11.2. The van der Waals surface area contributed by atoms with Crippen molar-refractivity contribution in [1.82, 2.24) is 24.5 Å². The van der Waals surface area contributed by atoms with Crippen LogP contribution >= 0.6 is 0 Å². The number of carbonyl (C=O) groups is 2. The monoisotopic (exact) mass is 557 g/mol. The van der Waals surface area contributed by atoms with E-state index >= 15 is 0 Å². The van der Waals surface area contributed by atoms with E-state index < -0.39 is 11.9 Å². The first-order valence-electron chi connectivity index (χ1n) is 13.3. The van der Waals surface area contributed by atoms with Gasteiger partial charge in [0.15, 0.2) is 11.5 Å². The van der Waals surface area contributed by atoms with Crippen LogP contribution in [0.1, 0.15) is 35.9 Å². The number of hydrogen-bond donors (Lipinski definition) is 3. The number of anilines is 2. The molecular formula is C32H27N7O3. The van der Waals surface area contributed by atoms with Crippen LogP contribution in [0.5, 0.6) is 0 Å². The second-order valence-corrected chi connectivity index (χ2v) is 9.92. The van der Waals surface area contributed by atoms with Gasteiger partial charge in [0.05, 0.1) is 11.4 Å². The van der Waals surface area contributed by atoms with Gasteiger partial charge in [0.25, 0.3) is 11.5 Å². The number of amides is 2. The summed E-state index contributed by atoms with van der Waals surface area (Å²) >= 11 is 0. The van der Waals surface area contributed by atoms with Gasteiger partial charge in [-0.25, -0.2) is 9.50 Å². The molecule has 0 radical (unpaired) electrons. The van der Waals surface area contributed by atoms with Crippen LogP contribution in [0, 0.1) is 0 Å². The molecule has 3 aromatic heterocycles. The summed E-state index contributed by atoms with van der Waals surface area (Å²) in [4.78, 5) is 43.5. The Morgan fingerprint density at radius 1 is 0.952 bits per heavy atom. The lowest BCUT2D eigenvalue weighted by Gasteiger charge is -2.21. The van der Waals surface area contributed by atoms with Crippen LogP contribution in [0.15, 0.2) is 102 Å². The van der Waals surface area contributed by atoms with E-state index in [2.05, 4.69) is 20.7 Å². The van der Waals surface area contributed by atoms with Crippen LogP contribution in [0.3, 0.4) is 0 Å². The van der Waals surface area contributed by atoms with Gasteiger partial charge in [0.2, 0.25) is 5.91 Å². The zero-order valence-electron chi connectivity index (χ0n) is 22.9. The van der Waals surface area contributed by atoms with E-state index in [0.717, 1.165) is 16.5 Å². The molecule has 0 fully saturated rings. The molecule has 208 valence electrons. The molecule has 2 amide bonds. The highest BCUT2D eigenvalue weighted by Gasteiger charge is 2.24. The highest BCUT2D eigenvalue weighted by atomic mass is 16.2. The van der Waals surface area contributed by atoms with Gasteiger partial charge in [-0.1, -0.05) is 48.5 Å². The van der Waals surface area contributed by atoms with Gasteiger partial charge in [-0.05, 0) is 59.8 Å². The average molecular weight is 558 g/mol. The lowest BCUT2D eigenvalue weighted by molar-refractivity contribution is -0.114. The molecule has 6 rings (SSSR count). The van der Waals surface area contributed by atoms with Gasteiger partial charge in [-0.15, -0.1) is 5.10 Å². The van der Waals surface area contributed by atoms with E-state index in [-0.39, 0.29) is 22.8 Å². The smallest absolute Gasteiger partial charge is 0.263 e. The van der Waals surface area contributed by atoms with E-state index in [1.54, 1.807) is 35.2 Å². The summed E-state index contributed by atoms with van der Waals surface area (Å²) < 4.78 is 3.08. The van der Waals surface area contributed by atoms with Gasteiger partial charge < -0.3 is 16.4 Å². The fraction of sp³-hybridized carbons (Fsp3) is 0.0938. The van der Waals surface area contributed by atoms with E-state index in [9.17, 15) is 14.4 Å². The first-order chi connectivity index (χ1) is 20.3. The van der Waals surface area contributed by atoms with Crippen LogP contribution in [0.25, 0.3) is 33.2 Å². The Hall–Kier alpha value is -5.77. The van der Waals surface area contributed by atoms with Crippen LogP contribution in [-0.2, 0) is 4.79 Å². The molecule has 0 bridgehead atoms. The molecule has 0 saturated heterocycles. The number of nitrogens with two attached hydrogens (primary N) is 1. The normalized spacial score (nSPS) is 11.9. The second kappa shape index (κ2) is 10.7. The fourth-order valence-corrected chi connectivity index (χ4v) is 5.19. The zero-order chi connectivity index (χ0) is 29.4. The molecule has 0 unspecified atom stereocenters. The number of rotatable bonds is 6. The predicted molar refractivity (Wildman–Crippen MR) is 163 cm³/mol. The Bertz CT molecular complexity index is 2030. The SMILES string of the molecule is CC(=O)Nc1ccc(-c2cccc3cc([C@H](C)NC(=O)c4c(N)nn5cccnc45)n(-c4ccccc4)c(=O)c23)cc1. The Kier molecular flexibility index (Phi) is 6.71. The van der Waals surface area contributed by atoms with Gasteiger partial charge in [0, 0.05) is 36.4 Å². The lowest BCUT2D eigenvalue weighted by atomic mass is 9.97. The standard InChI is InChI=1S/C32H27N7O3/c1-19(35-31(41)28-29(33)37-38-17-7-16-34-30(28)38)26-18-22-8-6-11-25(21-12-14-23(15-13-21)36-20(2)40)27(22)32(42)39(26)24-9-4-3-5-10-24/h3-19H,1-2H3,(H2,33,37)(H,35,41)(H,36,40)/t19-/m0/s1. The summed E-state index contributed by atoms with van der Waals surface area (Å²) in [6.45, 7) is 3.27. The molecule has 3 heterocycles. The maximum atomic E-state index is 14.4. The van der Waals surface area contributed by atoms with Crippen molar-refractivity contribution in [3.8, 4) is 16.8 Å². The topological polar surface area (TPSA) is 136 Å². The third-order valence-electron chi connectivity index (χ3n) is 7.05. The molecule has 3 aromatic carbocycles. The van der Waals surface area contributed by atoms with E-state index in [1.807, 2.05) is 73.7 Å². The van der Waals surface area contributed by atoms with Crippen molar-refractivity contribution in [3.63, 3.8) is 0 Å². The molecule has 10 nitrogen and oxygen atoms in total. The number of nitrogens with one attached hydrogen (secondary N) is 2. The third kappa shape index (κ3) is 4.75. The predicted octanol–water partition coefficient (Wildman–Crippen LogP) is 4.73. The van der Waals surface area contributed by atoms with Crippen LogP contribution in [0.4, 0.5) is 11.5 Å². The summed E-state index contributed by atoms with van der Waals surface area (Å²) in [6.07, 6.45) is 3.23. The number of nitrogen functional groups attached to an aromatic ring is 1. The Morgan fingerprint density at radius 2 is 1.71 bits per heavy atom. The van der Waals surface area contributed by atoms with Crippen LogP contribution in [0.2, 0.25) is 0 Å². The van der Waals surface area contributed by atoms with Gasteiger partial charge >= 0.3 is 0 Å². The molecule has 0 spiro atoms. The quantitative estimate of drug-likeness (QED) is 0.271. The van der Waals surface area contributed by atoms with Crippen LogP contribution < -0.4 is 21.9 Å². The summed E-state index contributed by atoms with van der Waals surface area (Å²) in [7, 11) is 0. The molecule has 4 N–H and O–H groups in total. The lowest BCUT2D eigenvalue weighted by Crippen LogP contribution is -2.32. The molecule has 10 heteroatoms. The number of carbonyl (C=O) groups excluding carboxylic acids is 2. The molecule has 1 atom stereocenters. The average Bonchev–Trinajstić information content (AvgIpc) is 3.33. The minimum absolute atomic E-state index is 0.0616. The van der Waals surface area contributed by atoms with Crippen molar-refractivity contribution in [3.05, 3.63) is 119 Å². The molecule has 42 heavy (non-hydrogen) atoms. The summed E-state index contributed by atoms with van der Waals surface area (Å²) in [6, 6.07) is 25.4. The van der Waals surface area contributed by atoms with Crippen molar-refractivity contribution < 1.29 is 9.59 Å². The Morgan fingerprint density at radius 3 is 2.45 bits per heavy atom. The number of nitrogens with zero attached hydrogens (tertiary/aromatic N) is 4. The maximum absolute atomic E-state index is 14.4. The maximum Gasteiger partial charge on any atom is 0.263 e. The van der Waals surface area contributed by atoms with Crippen molar-refractivity contribution in [1.29, 1.82) is 0 Å². The number of pyridine rings is 1. The van der Waals surface area contributed by atoms with Crippen molar-refractivity contribution >= 4 is 39.7 Å². The van der Waals surface area contributed by atoms with E-state index in [1.165, 1.54) is 11.4 Å². The number of para-hydroxylation sites is 1. The van der Waals surface area contributed by atoms with Crippen LogP contribution in [-0.4, -0.2) is 31.0 Å². The largest absolute Gasteiger partial charge is 0.381 e. The molecule has 0 aliphatic rings. The van der Waals surface area contributed by atoms with Crippen molar-refractivity contribution in [2.45, 2.75) is 19.9 Å². The number of benzene rings is 3. The summed E-state index contributed by atoms with van der Waals surface area (Å²) in [5.74, 6) is -0.548. The van der Waals surface area contributed by atoms with Crippen molar-refractivity contribution in [2.24, 2.45) is 0 Å². The zero-order valence-corrected chi connectivity index (χ0v) is 22.9. The van der Waals surface area contributed by atoms with Gasteiger partial charge in [-0.3, -0.25) is 19.0 Å².